The normalized spacial score (nSPS) is 31.0. The second-order valence-electron chi connectivity index (χ2n) is 3.60. The number of rotatable bonds is 3. The minimum absolute atomic E-state index is 0.422. The number of ether oxygens (including phenoxy) is 1. The van der Waals surface area contributed by atoms with Crippen molar-refractivity contribution in [1.82, 2.24) is 10.4 Å². The quantitative estimate of drug-likeness (QED) is 0.643. The molecule has 3 nitrogen and oxygen atoms in total. The van der Waals surface area contributed by atoms with E-state index < -0.39 is 0 Å². The summed E-state index contributed by atoms with van der Waals surface area (Å²) in [6.45, 7) is 3.15. The molecule has 0 aromatic rings. The summed E-state index contributed by atoms with van der Waals surface area (Å²) in [7, 11) is 3.98. The van der Waals surface area contributed by atoms with E-state index in [4.69, 9.17) is 4.74 Å². The van der Waals surface area contributed by atoms with Gasteiger partial charge in [-0.05, 0) is 33.2 Å². The van der Waals surface area contributed by atoms with Gasteiger partial charge in [-0.25, -0.2) is 5.01 Å². The maximum atomic E-state index is 5.78. The maximum Gasteiger partial charge on any atom is 0.0719 e. The SMILES string of the molecule is CNN(C)CC1CCCC(C)O1. The van der Waals surface area contributed by atoms with Crippen LogP contribution in [0.15, 0.2) is 0 Å². The zero-order valence-electron chi connectivity index (χ0n) is 8.34. The summed E-state index contributed by atoms with van der Waals surface area (Å²) in [4.78, 5) is 0. The number of hydrogen-bond acceptors (Lipinski definition) is 3. The van der Waals surface area contributed by atoms with Gasteiger partial charge >= 0.3 is 0 Å². The standard InChI is InChI=1S/C9H20N2O/c1-8-5-4-6-9(12-8)7-11(3)10-2/h8-10H,4-7H2,1-3H3. The number of hydrogen-bond donors (Lipinski definition) is 1. The fourth-order valence-electron chi connectivity index (χ4n) is 1.63. The summed E-state index contributed by atoms with van der Waals surface area (Å²) in [5, 5.41) is 2.07. The van der Waals surface area contributed by atoms with Crippen LogP contribution in [-0.2, 0) is 4.74 Å². The van der Waals surface area contributed by atoms with Crippen molar-refractivity contribution in [3.8, 4) is 0 Å². The molecular weight excluding hydrogens is 152 g/mol. The van der Waals surface area contributed by atoms with Gasteiger partial charge in [-0.3, -0.25) is 5.43 Å². The number of nitrogens with zero attached hydrogens (tertiary/aromatic N) is 1. The maximum absolute atomic E-state index is 5.78. The van der Waals surface area contributed by atoms with E-state index in [0.717, 1.165) is 6.54 Å². The van der Waals surface area contributed by atoms with E-state index in [0.29, 0.717) is 12.2 Å². The molecule has 0 amide bonds. The molecule has 0 aromatic carbocycles. The molecule has 1 aliphatic heterocycles. The molecule has 0 aromatic heterocycles. The lowest BCUT2D eigenvalue weighted by Crippen LogP contribution is -2.41. The minimum Gasteiger partial charge on any atom is -0.374 e. The third kappa shape index (κ3) is 3.09. The lowest BCUT2D eigenvalue weighted by molar-refractivity contribution is -0.0556. The highest BCUT2D eigenvalue weighted by Gasteiger charge is 2.19. The molecule has 1 saturated heterocycles. The highest BCUT2D eigenvalue weighted by molar-refractivity contribution is 4.69. The summed E-state index contributed by atoms with van der Waals surface area (Å²) in [5.41, 5.74) is 3.08. The van der Waals surface area contributed by atoms with Gasteiger partial charge < -0.3 is 4.74 Å². The predicted octanol–water partition coefficient (Wildman–Crippen LogP) is 1.01. The molecule has 1 rings (SSSR count). The molecule has 1 N–H and O–H groups in total. The van der Waals surface area contributed by atoms with Crippen LogP contribution in [0.2, 0.25) is 0 Å². The Morgan fingerprint density at radius 1 is 1.50 bits per heavy atom. The zero-order chi connectivity index (χ0) is 8.97. The van der Waals surface area contributed by atoms with E-state index in [9.17, 15) is 0 Å². The summed E-state index contributed by atoms with van der Waals surface area (Å²) in [6, 6.07) is 0. The van der Waals surface area contributed by atoms with Crippen molar-refractivity contribution in [3.05, 3.63) is 0 Å². The van der Waals surface area contributed by atoms with E-state index in [1.807, 2.05) is 14.1 Å². The predicted molar refractivity (Wildman–Crippen MR) is 49.9 cm³/mol. The molecule has 0 bridgehead atoms. The molecule has 1 heterocycles. The Morgan fingerprint density at radius 3 is 2.83 bits per heavy atom. The fourth-order valence-corrected chi connectivity index (χ4v) is 1.63. The average Bonchev–Trinajstić information content (AvgIpc) is 2.04. The third-order valence-corrected chi connectivity index (χ3v) is 2.42. The first-order valence-electron chi connectivity index (χ1n) is 4.76. The minimum atomic E-state index is 0.422. The Hall–Kier alpha value is -0.120. The monoisotopic (exact) mass is 172 g/mol. The molecule has 1 fully saturated rings. The first-order valence-corrected chi connectivity index (χ1v) is 4.76. The van der Waals surface area contributed by atoms with Crippen LogP contribution in [0, 0.1) is 0 Å². The molecule has 2 unspecified atom stereocenters. The smallest absolute Gasteiger partial charge is 0.0719 e. The van der Waals surface area contributed by atoms with Crippen LogP contribution < -0.4 is 5.43 Å². The summed E-state index contributed by atoms with van der Waals surface area (Å²) in [6.07, 6.45) is 4.61. The number of nitrogens with one attached hydrogen (secondary N) is 1. The molecule has 2 atom stereocenters. The molecular formula is C9H20N2O. The van der Waals surface area contributed by atoms with Gasteiger partial charge in [-0.15, -0.1) is 0 Å². The molecule has 3 heteroatoms. The van der Waals surface area contributed by atoms with E-state index in [1.165, 1.54) is 19.3 Å². The van der Waals surface area contributed by atoms with Crippen LogP contribution in [0.5, 0.6) is 0 Å². The number of hydrazine groups is 1. The van der Waals surface area contributed by atoms with Crippen molar-refractivity contribution in [1.29, 1.82) is 0 Å². The highest BCUT2D eigenvalue weighted by Crippen LogP contribution is 2.18. The van der Waals surface area contributed by atoms with Gasteiger partial charge in [0, 0.05) is 13.6 Å². The Labute approximate surface area is 75.0 Å². The Balaban J connectivity index is 2.22. The Bertz CT molecular complexity index is 130. The largest absolute Gasteiger partial charge is 0.374 e. The topological polar surface area (TPSA) is 24.5 Å². The van der Waals surface area contributed by atoms with Gasteiger partial charge in [0.05, 0.1) is 12.2 Å². The lowest BCUT2D eigenvalue weighted by Gasteiger charge is -2.30. The fraction of sp³-hybridized carbons (Fsp3) is 1.00. The van der Waals surface area contributed by atoms with Crippen molar-refractivity contribution in [3.63, 3.8) is 0 Å². The zero-order valence-corrected chi connectivity index (χ0v) is 8.34. The van der Waals surface area contributed by atoms with E-state index in [2.05, 4.69) is 17.4 Å². The Morgan fingerprint density at radius 2 is 2.25 bits per heavy atom. The summed E-state index contributed by atoms with van der Waals surface area (Å²) < 4.78 is 5.78. The van der Waals surface area contributed by atoms with Crippen LogP contribution in [0.1, 0.15) is 26.2 Å². The van der Waals surface area contributed by atoms with Gasteiger partial charge in [0.1, 0.15) is 0 Å². The average molecular weight is 172 g/mol. The van der Waals surface area contributed by atoms with Crippen molar-refractivity contribution < 1.29 is 4.74 Å². The van der Waals surface area contributed by atoms with Crippen LogP contribution in [0.3, 0.4) is 0 Å². The van der Waals surface area contributed by atoms with Crippen LogP contribution in [0.4, 0.5) is 0 Å². The van der Waals surface area contributed by atoms with E-state index in [1.54, 1.807) is 0 Å². The molecule has 72 valence electrons. The summed E-state index contributed by atoms with van der Waals surface area (Å²) >= 11 is 0. The van der Waals surface area contributed by atoms with Crippen molar-refractivity contribution in [2.75, 3.05) is 20.6 Å². The van der Waals surface area contributed by atoms with Crippen LogP contribution in [-0.4, -0.2) is 37.9 Å². The number of likely N-dealkylation sites (N-methyl/N-ethyl adjacent to an activating group) is 1. The van der Waals surface area contributed by atoms with Crippen LogP contribution in [0.25, 0.3) is 0 Å². The molecule has 1 aliphatic rings. The molecule has 12 heavy (non-hydrogen) atoms. The van der Waals surface area contributed by atoms with Gasteiger partial charge in [-0.2, -0.15) is 0 Å². The molecule has 0 spiro atoms. The van der Waals surface area contributed by atoms with Gasteiger partial charge in [0.2, 0.25) is 0 Å². The van der Waals surface area contributed by atoms with E-state index in [-0.39, 0.29) is 0 Å². The van der Waals surface area contributed by atoms with Crippen molar-refractivity contribution >= 4 is 0 Å². The first kappa shape index (κ1) is 9.96. The van der Waals surface area contributed by atoms with Crippen molar-refractivity contribution in [2.24, 2.45) is 0 Å². The first-order chi connectivity index (χ1) is 5.72. The van der Waals surface area contributed by atoms with E-state index >= 15 is 0 Å². The summed E-state index contributed by atoms with van der Waals surface area (Å²) in [5.74, 6) is 0. The van der Waals surface area contributed by atoms with Gasteiger partial charge in [0.25, 0.3) is 0 Å². The van der Waals surface area contributed by atoms with Gasteiger partial charge in [-0.1, -0.05) is 0 Å². The third-order valence-electron chi connectivity index (χ3n) is 2.42. The van der Waals surface area contributed by atoms with Crippen molar-refractivity contribution in [2.45, 2.75) is 38.4 Å². The molecule has 0 radical (unpaired) electrons. The lowest BCUT2D eigenvalue weighted by atomic mass is 10.1. The second kappa shape index (κ2) is 4.80. The molecule has 0 aliphatic carbocycles. The molecule has 0 saturated carbocycles. The Kier molecular flexibility index (Phi) is 3.98. The highest BCUT2D eigenvalue weighted by atomic mass is 16.5. The van der Waals surface area contributed by atoms with Gasteiger partial charge in [0.15, 0.2) is 0 Å². The van der Waals surface area contributed by atoms with Crippen LogP contribution >= 0.6 is 0 Å². The second-order valence-corrected chi connectivity index (χ2v) is 3.60.